The summed E-state index contributed by atoms with van der Waals surface area (Å²) in [5.74, 6) is 0. The molecule has 0 aromatic carbocycles. The van der Waals surface area contributed by atoms with E-state index < -0.39 is 6.09 Å². The summed E-state index contributed by atoms with van der Waals surface area (Å²) in [6.07, 6.45) is 3.79. The van der Waals surface area contributed by atoms with Gasteiger partial charge >= 0.3 is 12.1 Å². The second-order valence-electron chi connectivity index (χ2n) is 3.64. The molecule has 0 aliphatic carbocycles. The van der Waals surface area contributed by atoms with Crippen molar-refractivity contribution in [3.8, 4) is 6.01 Å². The topological polar surface area (TPSA) is 75.5 Å². The smallest absolute Gasteiger partial charge is 0.407 e. The van der Waals surface area contributed by atoms with Gasteiger partial charge in [-0.05, 0) is 18.9 Å². The molecule has 1 unspecified atom stereocenters. The van der Waals surface area contributed by atoms with Crippen molar-refractivity contribution >= 4 is 6.09 Å². The lowest BCUT2D eigenvalue weighted by atomic mass is 10.1. The lowest BCUT2D eigenvalue weighted by Crippen LogP contribution is -2.43. The fourth-order valence-electron chi connectivity index (χ4n) is 1.70. The number of nitrogens with zero attached hydrogens (tertiary/aromatic N) is 3. The molecule has 1 atom stereocenters. The standard InChI is InChI=1S/C10H13N3O3/c14-10(15)13-6-1-3-8(7-13)16-9-11-4-2-5-12-9/h2,4-5,8H,1,3,6-7H2,(H,14,15). The molecule has 1 aliphatic rings. The highest BCUT2D eigenvalue weighted by atomic mass is 16.5. The third-order valence-corrected chi connectivity index (χ3v) is 2.46. The molecule has 0 radical (unpaired) electrons. The van der Waals surface area contributed by atoms with Crippen molar-refractivity contribution in [3.63, 3.8) is 0 Å². The molecule has 1 saturated heterocycles. The van der Waals surface area contributed by atoms with Crippen molar-refractivity contribution in [3.05, 3.63) is 18.5 Å². The van der Waals surface area contributed by atoms with Gasteiger partial charge in [0.2, 0.25) is 0 Å². The number of aromatic nitrogens is 2. The Morgan fingerprint density at radius 2 is 2.25 bits per heavy atom. The summed E-state index contributed by atoms with van der Waals surface area (Å²) in [7, 11) is 0. The first-order valence-electron chi connectivity index (χ1n) is 5.17. The third kappa shape index (κ3) is 2.59. The van der Waals surface area contributed by atoms with Gasteiger partial charge in [-0.1, -0.05) is 0 Å². The molecule has 86 valence electrons. The first kappa shape index (κ1) is 10.7. The fraction of sp³-hybridized carbons (Fsp3) is 0.500. The lowest BCUT2D eigenvalue weighted by molar-refractivity contribution is 0.0739. The van der Waals surface area contributed by atoms with Crippen LogP contribution in [0.3, 0.4) is 0 Å². The van der Waals surface area contributed by atoms with Gasteiger partial charge in [-0.15, -0.1) is 0 Å². The minimum Gasteiger partial charge on any atom is -0.465 e. The van der Waals surface area contributed by atoms with Crippen LogP contribution in [0.2, 0.25) is 0 Å². The third-order valence-electron chi connectivity index (χ3n) is 2.46. The number of rotatable bonds is 2. The quantitative estimate of drug-likeness (QED) is 0.809. The SMILES string of the molecule is O=C(O)N1CCCC(Oc2ncccn2)C1. The molecule has 16 heavy (non-hydrogen) atoms. The van der Waals surface area contributed by atoms with Crippen LogP contribution in [0.25, 0.3) is 0 Å². The Hall–Kier alpha value is -1.85. The van der Waals surface area contributed by atoms with Crippen LogP contribution in [0.15, 0.2) is 18.5 Å². The Morgan fingerprint density at radius 3 is 2.94 bits per heavy atom. The first-order valence-corrected chi connectivity index (χ1v) is 5.17. The van der Waals surface area contributed by atoms with Crippen LogP contribution in [0.5, 0.6) is 6.01 Å². The normalized spacial score (nSPS) is 20.5. The Kier molecular flexibility index (Phi) is 3.19. The lowest BCUT2D eigenvalue weighted by Gasteiger charge is -2.30. The van der Waals surface area contributed by atoms with Crippen LogP contribution in [-0.4, -0.2) is 45.3 Å². The predicted octanol–water partition coefficient (Wildman–Crippen LogP) is 0.998. The summed E-state index contributed by atoms with van der Waals surface area (Å²) in [6, 6.07) is 2.01. The minimum absolute atomic E-state index is 0.146. The zero-order valence-electron chi connectivity index (χ0n) is 8.74. The van der Waals surface area contributed by atoms with Gasteiger partial charge in [-0.25, -0.2) is 14.8 Å². The summed E-state index contributed by atoms with van der Waals surface area (Å²) >= 11 is 0. The van der Waals surface area contributed by atoms with E-state index in [2.05, 4.69) is 9.97 Å². The van der Waals surface area contributed by atoms with Gasteiger partial charge in [0.05, 0.1) is 6.54 Å². The Labute approximate surface area is 92.9 Å². The van der Waals surface area contributed by atoms with Crippen LogP contribution in [0, 0.1) is 0 Å². The Bertz CT molecular complexity index is 358. The zero-order valence-corrected chi connectivity index (χ0v) is 8.74. The summed E-state index contributed by atoms with van der Waals surface area (Å²) in [5, 5.41) is 8.86. The first-order chi connectivity index (χ1) is 7.75. The molecule has 0 spiro atoms. The highest BCUT2D eigenvalue weighted by molar-refractivity contribution is 5.65. The van der Waals surface area contributed by atoms with E-state index in [-0.39, 0.29) is 6.10 Å². The van der Waals surface area contributed by atoms with Crippen LogP contribution < -0.4 is 4.74 Å². The maximum atomic E-state index is 10.8. The van der Waals surface area contributed by atoms with Crippen LogP contribution >= 0.6 is 0 Å². The molecule has 1 N–H and O–H groups in total. The second-order valence-corrected chi connectivity index (χ2v) is 3.64. The highest BCUT2D eigenvalue weighted by Crippen LogP contribution is 2.14. The number of hydrogen-bond donors (Lipinski definition) is 1. The van der Waals surface area contributed by atoms with Crippen LogP contribution in [0.1, 0.15) is 12.8 Å². The number of likely N-dealkylation sites (tertiary alicyclic amines) is 1. The summed E-state index contributed by atoms with van der Waals surface area (Å²) < 4.78 is 5.51. The van der Waals surface area contributed by atoms with Gasteiger partial charge in [-0.3, -0.25) is 0 Å². The van der Waals surface area contributed by atoms with E-state index in [1.165, 1.54) is 4.90 Å². The number of ether oxygens (including phenoxy) is 1. The van der Waals surface area contributed by atoms with E-state index in [4.69, 9.17) is 9.84 Å². The van der Waals surface area contributed by atoms with Crippen molar-refractivity contribution in [1.82, 2.24) is 14.9 Å². The molecule has 1 aromatic rings. The van der Waals surface area contributed by atoms with E-state index in [9.17, 15) is 4.79 Å². The number of carbonyl (C=O) groups is 1. The second kappa shape index (κ2) is 4.78. The van der Waals surface area contributed by atoms with Crippen molar-refractivity contribution in [2.75, 3.05) is 13.1 Å². The van der Waals surface area contributed by atoms with Crippen LogP contribution in [0.4, 0.5) is 4.79 Å². The summed E-state index contributed by atoms with van der Waals surface area (Å²) in [5.41, 5.74) is 0. The molecule has 1 amide bonds. The highest BCUT2D eigenvalue weighted by Gasteiger charge is 2.24. The maximum absolute atomic E-state index is 10.8. The largest absolute Gasteiger partial charge is 0.465 e. The Morgan fingerprint density at radius 1 is 1.50 bits per heavy atom. The molecule has 2 rings (SSSR count). The number of hydrogen-bond acceptors (Lipinski definition) is 4. The monoisotopic (exact) mass is 223 g/mol. The van der Waals surface area contributed by atoms with Gasteiger partial charge in [-0.2, -0.15) is 0 Å². The van der Waals surface area contributed by atoms with Crippen molar-refractivity contribution in [2.24, 2.45) is 0 Å². The van der Waals surface area contributed by atoms with Crippen molar-refractivity contribution in [2.45, 2.75) is 18.9 Å². The molecule has 1 aromatic heterocycles. The van der Waals surface area contributed by atoms with Gasteiger partial charge in [0, 0.05) is 18.9 Å². The number of amides is 1. The van der Waals surface area contributed by atoms with Crippen molar-refractivity contribution < 1.29 is 14.6 Å². The number of carboxylic acid groups (broad SMARTS) is 1. The van der Waals surface area contributed by atoms with Crippen molar-refractivity contribution in [1.29, 1.82) is 0 Å². The number of piperidine rings is 1. The van der Waals surface area contributed by atoms with E-state index in [1.54, 1.807) is 18.5 Å². The molecule has 0 bridgehead atoms. The molecule has 6 heteroatoms. The van der Waals surface area contributed by atoms with Gasteiger partial charge < -0.3 is 14.7 Å². The van der Waals surface area contributed by atoms with E-state index in [0.29, 0.717) is 19.1 Å². The van der Waals surface area contributed by atoms with E-state index in [0.717, 1.165) is 12.8 Å². The molecule has 0 saturated carbocycles. The minimum atomic E-state index is -0.901. The van der Waals surface area contributed by atoms with Crippen LogP contribution in [-0.2, 0) is 0 Å². The molecule has 2 heterocycles. The van der Waals surface area contributed by atoms with Gasteiger partial charge in [0.15, 0.2) is 0 Å². The van der Waals surface area contributed by atoms with Gasteiger partial charge in [0.1, 0.15) is 6.10 Å². The van der Waals surface area contributed by atoms with Gasteiger partial charge in [0.25, 0.3) is 0 Å². The predicted molar refractivity (Wildman–Crippen MR) is 55.3 cm³/mol. The van der Waals surface area contributed by atoms with E-state index in [1.807, 2.05) is 0 Å². The van der Waals surface area contributed by atoms with E-state index >= 15 is 0 Å². The molecule has 1 aliphatic heterocycles. The summed E-state index contributed by atoms with van der Waals surface area (Å²) in [6.45, 7) is 0.957. The molecular weight excluding hydrogens is 210 g/mol. The fourth-order valence-corrected chi connectivity index (χ4v) is 1.70. The molecular formula is C10H13N3O3. The maximum Gasteiger partial charge on any atom is 0.407 e. The summed E-state index contributed by atoms with van der Waals surface area (Å²) in [4.78, 5) is 20.0. The molecule has 1 fully saturated rings. The average Bonchev–Trinajstić information content (AvgIpc) is 2.30. The zero-order chi connectivity index (χ0) is 11.4. The average molecular weight is 223 g/mol. The Balaban J connectivity index is 1.93. The molecule has 6 nitrogen and oxygen atoms in total.